The fourth-order valence-electron chi connectivity index (χ4n) is 3.26. The van der Waals surface area contributed by atoms with Crippen molar-refractivity contribution in [2.24, 2.45) is 5.73 Å². The summed E-state index contributed by atoms with van der Waals surface area (Å²) in [6.45, 7) is -0.175. The first kappa shape index (κ1) is 23.4. The predicted molar refractivity (Wildman–Crippen MR) is 112 cm³/mol. The van der Waals surface area contributed by atoms with Crippen LogP contribution < -0.4 is 5.73 Å². The molecular weight excluding hydrogens is 467 g/mol. The number of ether oxygens (including phenoxy) is 1. The van der Waals surface area contributed by atoms with Crippen molar-refractivity contribution < 1.29 is 33.4 Å². The Bertz CT molecular complexity index is 1120. The number of amides is 1. The molecule has 1 aromatic carbocycles. The van der Waals surface area contributed by atoms with Gasteiger partial charge in [0.2, 0.25) is 5.91 Å². The number of carbonyl (C=O) groups excluding carboxylic acids is 3. The molecule has 0 radical (unpaired) electrons. The van der Waals surface area contributed by atoms with Crippen LogP contribution in [0.25, 0.3) is 11.3 Å². The third-order valence-corrected chi connectivity index (χ3v) is 5.78. The predicted octanol–water partition coefficient (Wildman–Crippen LogP) is 3.48. The lowest BCUT2D eigenvalue weighted by molar-refractivity contribution is -0.757. The molecule has 2 aromatic rings. The van der Waals surface area contributed by atoms with Crippen LogP contribution in [0.15, 0.2) is 29.6 Å². The van der Waals surface area contributed by atoms with Crippen molar-refractivity contribution in [1.29, 1.82) is 0 Å². The van der Waals surface area contributed by atoms with E-state index in [2.05, 4.69) is 4.84 Å². The second kappa shape index (κ2) is 9.88. The second-order valence-electron chi connectivity index (χ2n) is 6.72. The number of halogens is 2. The van der Waals surface area contributed by atoms with E-state index >= 15 is 0 Å². The number of allylic oxidation sites excluding steroid dienone is 1. The van der Waals surface area contributed by atoms with Gasteiger partial charge in [-0.05, 0) is 47.5 Å². The minimum absolute atomic E-state index is 0.0660. The Morgan fingerprint density at radius 3 is 2.69 bits per heavy atom. The molecule has 3 rings (SSSR count). The normalized spacial score (nSPS) is 16.4. The molecule has 32 heavy (non-hydrogen) atoms. The van der Waals surface area contributed by atoms with Crippen LogP contribution in [0.4, 0.5) is 4.39 Å². The van der Waals surface area contributed by atoms with Crippen molar-refractivity contribution in [3.8, 4) is 0 Å². The summed E-state index contributed by atoms with van der Waals surface area (Å²) in [5, 5.41) is 10.6. The summed E-state index contributed by atoms with van der Waals surface area (Å²) in [5.41, 5.74) is 5.45. The number of hydrogen-bond donors (Lipinski definition) is 1. The van der Waals surface area contributed by atoms with Gasteiger partial charge in [0.25, 0.3) is 5.09 Å². The van der Waals surface area contributed by atoms with E-state index in [0.717, 1.165) is 12.1 Å². The zero-order valence-electron chi connectivity index (χ0n) is 16.3. The van der Waals surface area contributed by atoms with Crippen molar-refractivity contribution in [3.05, 3.63) is 66.6 Å². The number of ketones is 1. The lowest BCUT2D eigenvalue weighted by Gasteiger charge is -2.11. The molecule has 0 aliphatic heterocycles. The van der Waals surface area contributed by atoms with Gasteiger partial charge >= 0.3 is 5.97 Å². The fraction of sp³-hybridized carbons (Fsp3) is 0.250. The van der Waals surface area contributed by atoms with Crippen LogP contribution in [-0.2, 0) is 24.0 Å². The molecule has 2 N–H and O–H groups in total. The fourth-order valence-corrected chi connectivity index (χ4v) is 4.14. The van der Waals surface area contributed by atoms with Crippen LogP contribution in [0, 0.1) is 15.9 Å². The molecule has 1 amide bonds. The molecule has 1 unspecified atom stereocenters. The number of nitrogens with zero attached hydrogens (tertiary/aromatic N) is 1. The van der Waals surface area contributed by atoms with E-state index in [0.29, 0.717) is 4.88 Å². The number of fused-ring (bicyclic) bond motifs is 1. The summed E-state index contributed by atoms with van der Waals surface area (Å²) in [6.07, 6.45) is 0.354. The molecule has 0 fully saturated rings. The minimum atomic E-state index is -1.40. The second-order valence-corrected chi connectivity index (χ2v) is 8.08. The molecule has 0 saturated carbocycles. The highest BCUT2D eigenvalue weighted by molar-refractivity contribution is 7.11. The van der Waals surface area contributed by atoms with Gasteiger partial charge in [-0.2, -0.15) is 0 Å². The standard InChI is InChI=1S/C20H16ClFN2O7S/c21-12-8-10-11(9-13(12)22)16(18(26)17(10)20(23)27)19(14-4-3-7-32-14)31-15(25)5-1-2-6-30-24(28)29/h3-4,7-9,17H,1-2,5-6H2,(H2,23,27)/b19-16-. The van der Waals surface area contributed by atoms with Crippen LogP contribution in [-0.4, -0.2) is 29.4 Å². The Kier molecular flexibility index (Phi) is 7.21. The molecule has 1 aliphatic rings. The quantitative estimate of drug-likeness (QED) is 0.110. The lowest BCUT2D eigenvalue weighted by Crippen LogP contribution is -2.25. The average molecular weight is 483 g/mol. The summed E-state index contributed by atoms with van der Waals surface area (Å²) < 4.78 is 19.7. The Hall–Kier alpha value is -3.31. The molecule has 1 aliphatic carbocycles. The summed E-state index contributed by atoms with van der Waals surface area (Å²) in [4.78, 5) is 52.3. The number of primary amides is 1. The van der Waals surface area contributed by atoms with Gasteiger partial charge in [-0.1, -0.05) is 17.7 Å². The molecule has 0 bridgehead atoms. The monoisotopic (exact) mass is 482 g/mol. The van der Waals surface area contributed by atoms with Gasteiger partial charge in [0.15, 0.2) is 11.5 Å². The molecule has 9 nitrogen and oxygen atoms in total. The van der Waals surface area contributed by atoms with Crippen LogP contribution in [0.2, 0.25) is 5.02 Å². The Morgan fingerprint density at radius 2 is 2.06 bits per heavy atom. The zero-order valence-corrected chi connectivity index (χ0v) is 17.9. The van der Waals surface area contributed by atoms with E-state index in [1.165, 1.54) is 11.3 Å². The molecule has 168 valence electrons. The molecular formula is C20H16ClFN2O7S. The SMILES string of the molecule is NC(=O)C1C(=O)/C(=C(\OC(=O)CCCCO[N+](=O)[O-])c2cccs2)c2cc(F)c(Cl)cc21. The number of nitrogens with two attached hydrogens (primary N) is 1. The maximum Gasteiger partial charge on any atom is 0.311 e. The Labute approximate surface area is 189 Å². The van der Waals surface area contributed by atoms with Gasteiger partial charge in [-0.3, -0.25) is 14.4 Å². The maximum absolute atomic E-state index is 14.2. The number of Topliss-reactive ketones (excluding diaryl/α,β-unsaturated/α-hetero) is 1. The van der Waals surface area contributed by atoms with Crippen LogP contribution in [0.1, 0.15) is 41.2 Å². The highest BCUT2D eigenvalue weighted by atomic mass is 35.5. The highest BCUT2D eigenvalue weighted by Gasteiger charge is 2.42. The average Bonchev–Trinajstić information content (AvgIpc) is 3.33. The van der Waals surface area contributed by atoms with Gasteiger partial charge in [0.05, 0.1) is 22.1 Å². The van der Waals surface area contributed by atoms with Crippen LogP contribution >= 0.6 is 22.9 Å². The van der Waals surface area contributed by atoms with Gasteiger partial charge in [-0.15, -0.1) is 21.5 Å². The first-order chi connectivity index (χ1) is 15.2. The Balaban J connectivity index is 1.97. The van der Waals surface area contributed by atoms with Crippen molar-refractivity contribution in [2.75, 3.05) is 6.61 Å². The maximum atomic E-state index is 14.2. The van der Waals surface area contributed by atoms with Crippen LogP contribution in [0.3, 0.4) is 0 Å². The number of carbonyl (C=O) groups is 3. The van der Waals surface area contributed by atoms with Crippen LogP contribution in [0.5, 0.6) is 0 Å². The third-order valence-electron chi connectivity index (χ3n) is 4.63. The number of esters is 1. The summed E-state index contributed by atoms with van der Waals surface area (Å²) >= 11 is 7.00. The van der Waals surface area contributed by atoms with Crippen molar-refractivity contribution >= 4 is 51.9 Å². The molecule has 0 saturated heterocycles. The number of hydrogen-bond acceptors (Lipinski definition) is 8. The zero-order chi connectivity index (χ0) is 23.4. The summed E-state index contributed by atoms with van der Waals surface area (Å²) in [5.74, 6) is -4.73. The van der Waals surface area contributed by atoms with Gasteiger partial charge < -0.3 is 15.3 Å². The largest absolute Gasteiger partial charge is 0.424 e. The van der Waals surface area contributed by atoms with E-state index in [1.54, 1.807) is 17.5 Å². The Morgan fingerprint density at radius 1 is 1.31 bits per heavy atom. The molecule has 1 heterocycles. The number of rotatable bonds is 9. The van der Waals surface area contributed by atoms with E-state index < -0.39 is 34.5 Å². The first-order valence-corrected chi connectivity index (χ1v) is 10.6. The van der Waals surface area contributed by atoms with E-state index in [1.807, 2.05) is 0 Å². The third kappa shape index (κ3) is 4.94. The van der Waals surface area contributed by atoms with E-state index in [-0.39, 0.29) is 53.4 Å². The highest BCUT2D eigenvalue weighted by Crippen LogP contribution is 2.44. The van der Waals surface area contributed by atoms with Gasteiger partial charge in [-0.25, -0.2) is 4.39 Å². The van der Waals surface area contributed by atoms with E-state index in [4.69, 9.17) is 22.1 Å². The van der Waals surface area contributed by atoms with E-state index in [9.17, 15) is 28.9 Å². The minimum Gasteiger partial charge on any atom is -0.424 e. The topological polar surface area (TPSA) is 139 Å². The van der Waals surface area contributed by atoms with Crippen molar-refractivity contribution in [1.82, 2.24) is 0 Å². The number of benzene rings is 1. The summed E-state index contributed by atoms with van der Waals surface area (Å²) in [6, 6.07) is 5.43. The molecule has 12 heteroatoms. The lowest BCUT2D eigenvalue weighted by atomic mass is 10.00. The number of thiophene rings is 1. The molecule has 1 atom stereocenters. The molecule has 1 aromatic heterocycles. The van der Waals surface area contributed by atoms with Gasteiger partial charge in [0, 0.05) is 6.42 Å². The van der Waals surface area contributed by atoms with Gasteiger partial charge in [0.1, 0.15) is 11.7 Å². The van der Waals surface area contributed by atoms with Crippen molar-refractivity contribution in [2.45, 2.75) is 25.2 Å². The summed E-state index contributed by atoms with van der Waals surface area (Å²) in [7, 11) is 0. The smallest absolute Gasteiger partial charge is 0.311 e. The van der Waals surface area contributed by atoms with Crippen molar-refractivity contribution in [3.63, 3.8) is 0 Å². The first-order valence-electron chi connectivity index (χ1n) is 9.29. The number of unbranched alkanes of at least 4 members (excludes halogenated alkanes) is 1. The molecule has 0 spiro atoms.